The molecule has 1 heterocycles. The first kappa shape index (κ1) is 14.0. The van der Waals surface area contributed by atoms with Crippen LogP contribution < -0.4 is 5.32 Å². The third-order valence-corrected chi connectivity index (χ3v) is 2.83. The zero-order valence-corrected chi connectivity index (χ0v) is 11.3. The van der Waals surface area contributed by atoms with Crippen molar-refractivity contribution in [1.82, 2.24) is 9.55 Å². The maximum absolute atomic E-state index is 12.9. The van der Waals surface area contributed by atoms with E-state index < -0.39 is 12.0 Å². The van der Waals surface area contributed by atoms with Gasteiger partial charge in [-0.15, -0.1) is 0 Å². The predicted octanol–water partition coefficient (Wildman–Crippen LogP) is 2.28. The highest BCUT2D eigenvalue weighted by molar-refractivity contribution is 5.80. The molecule has 2 aromatic rings. The van der Waals surface area contributed by atoms with E-state index in [2.05, 4.69) is 10.3 Å². The molecule has 106 valence electrons. The van der Waals surface area contributed by atoms with E-state index in [1.165, 1.54) is 12.1 Å². The largest absolute Gasteiger partial charge is 0.464 e. The molecule has 1 unspecified atom stereocenters. The van der Waals surface area contributed by atoms with Gasteiger partial charge in [0, 0.05) is 12.7 Å². The normalized spacial score (nSPS) is 11.9. The number of carbonyl (C=O) groups is 1. The average molecular weight is 277 g/mol. The first-order chi connectivity index (χ1) is 9.61. The Labute approximate surface area is 116 Å². The van der Waals surface area contributed by atoms with Gasteiger partial charge in [0.25, 0.3) is 0 Å². The molecule has 1 aromatic heterocycles. The lowest BCUT2D eigenvalue weighted by atomic mass is 10.2. The van der Waals surface area contributed by atoms with Crippen molar-refractivity contribution in [2.45, 2.75) is 13.0 Å². The summed E-state index contributed by atoms with van der Waals surface area (Å²) >= 11 is 0. The van der Waals surface area contributed by atoms with E-state index in [1.807, 2.05) is 0 Å². The van der Waals surface area contributed by atoms with Crippen LogP contribution in [0.2, 0.25) is 0 Å². The van der Waals surface area contributed by atoms with Crippen molar-refractivity contribution in [3.63, 3.8) is 0 Å². The van der Waals surface area contributed by atoms with E-state index in [0.29, 0.717) is 11.4 Å². The molecular weight excluding hydrogens is 261 g/mol. The number of rotatable bonds is 5. The van der Waals surface area contributed by atoms with E-state index in [1.54, 1.807) is 43.2 Å². The molecule has 0 saturated heterocycles. The topological polar surface area (TPSA) is 56.1 Å². The summed E-state index contributed by atoms with van der Waals surface area (Å²) in [6.45, 7) is 2.04. The third-order valence-electron chi connectivity index (χ3n) is 2.83. The smallest absolute Gasteiger partial charge is 0.334 e. The monoisotopic (exact) mass is 277 g/mol. The number of hydrogen-bond acceptors (Lipinski definition) is 4. The Morgan fingerprint density at radius 3 is 2.70 bits per heavy atom. The number of aromatic nitrogens is 2. The standard InChI is InChI=1S/C14H16FN3O2/c1-3-20-14(19)13(12-8-16-9-18(12)2)17-11-6-4-10(15)5-7-11/h4-9,13,17H,3H2,1-2H3. The number of benzene rings is 1. The number of nitrogens with one attached hydrogen (secondary N) is 1. The Balaban J connectivity index is 2.25. The predicted molar refractivity (Wildman–Crippen MR) is 72.6 cm³/mol. The summed E-state index contributed by atoms with van der Waals surface area (Å²) in [6, 6.07) is 5.10. The van der Waals surface area contributed by atoms with Gasteiger partial charge in [0.1, 0.15) is 5.82 Å². The van der Waals surface area contributed by atoms with Crippen molar-refractivity contribution in [2.24, 2.45) is 7.05 Å². The summed E-state index contributed by atoms with van der Waals surface area (Å²) in [5, 5.41) is 3.03. The minimum absolute atomic E-state index is 0.290. The number of anilines is 1. The fourth-order valence-electron chi connectivity index (χ4n) is 1.84. The molecule has 1 N–H and O–H groups in total. The van der Waals surface area contributed by atoms with Gasteiger partial charge in [0.05, 0.1) is 24.8 Å². The van der Waals surface area contributed by atoms with E-state index in [9.17, 15) is 9.18 Å². The van der Waals surface area contributed by atoms with Crippen molar-refractivity contribution in [3.8, 4) is 0 Å². The van der Waals surface area contributed by atoms with Gasteiger partial charge in [-0.2, -0.15) is 0 Å². The number of imidazole rings is 1. The van der Waals surface area contributed by atoms with Crippen LogP contribution in [0.1, 0.15) is 18.7 Å². The van der Waals surface area contributed by atoms with Crippen molar-refractivity contribution >= 4 is 11.7 Å². The van der Waals surface area contributed by atoms with Crippen molar-refractivity contribution in [1.29, 1.82) is 0 Å². The lowest BCUT2D eigenvalue weighted by Gasteiger charge is -2.18. The molecule has 1 atom stereocenters. The Kier molecular flexibility index (Phi) is 4.34. The lowest BCUT2D eigenvalue weighted by molar-refractivity contribution is -0.144. The van der Waals surface area contributed by atoms with Gasteiger partial charge < -0.3 is 14.6 Å². The summed E-state index contributed by atoms with van der Waals surface area (Å²) in [7, 11) is 1.79. The number of aryl methyl sites for hydroxylation is 1. The fourth-order valence-corrected chi connectivity index (χ4v) is 1.84. The van der Waals surface area contributed by atoms with Gasteiger partial charge in [0.2, 0.25) is 0 Å². The minimum atomic E-state index is -0.687. The Morgan fingerprint density at radius 1 is 1.45 bits per heavy atom. The zero-order valence-electron chi connectivity index (χ0n) is 11.3. The number of nitrogens with zero attached hydrogens (tertiary/aromatic N) is 2. The Bertz CT molecular complexity index is 580. The molecule has 0 fully saturated rings. The van der Waals surface area contributed by atoms with Gasteiger partial charge in [0.15, 0.2) is 6.04 Å². The van der Waals surface area contributed by atoms with Crippen LogP contribution in [0.3, 0.4) is 0 Å². The van der Waals surface area contributed by atoms with Crippen molar-refractivity contribution < 1.29 is 13.9 Å². The van der Waals surface area contributed by atoms with Gasteiger partial charge >= 0.3 is 5.97 Å². The highest BCUT2D eigenvalue weighted by Gasteiger charge is 2.24. The minimum Gasteiger partial charge on any atom is -0.464 e. The summed E-state index contributed by atoms with van der Waals surface area (Å²) in [6.07, 6.45) is 3.20. The lowest BCUT2D eigenvalue weighted by Crippen LogP contribution is -2.25. The second-order valence-corrected chi connectivity index (χ2v) is 4.27. The highest BCUT2D eigenvalue weighted by atomic mass is 19.1. The van der Waals surface area contributed by atoms with Crippen LogP contribution in [0.25, 0.3) is 0 Å². The molecule has 0 amide bonds. The first-order valence-corrected chi connectivity index (χ1v) is 6.26. The van der Waals surface area contributed by atoms with E-state index in [4.69, 9.17) is 4.74 Å². The molecule has 0 bridgehead atoms. The van der Waals surface area contributed by atoms with E-state index >= 15 is 0 Å². The van der Waals surface area contributed by atoms with Crippen LogP contribution in [0.5, 0.6) is 0 Å². The molecule has 0 aliphatic rings. The van der Waals surface area contributed by atoms with Crippen molar-refractivity contribution in [3.05, 3.63) is 48.3 Å². The molecular formula is C14H16FN3O2. The van der Waals surface area contributed by atoms with Crippen LogP contribution in [0.15, 0.2) is 36.8 Å². The summed E-state index contributed by atoms with van der Waals surface area (Å²) in [5.41, 5.74) is 1.30. The van der Waals surface area contributed by atoms with Crippen LogP contribution in [0.4, 0.5) is 10.1 Å². The van der Waals surface area contributed by atoms with E-state index in [-0.39, 0.29) is 12.4 Å². The molecule has 2 rings (SSSR count). The number of halogens is 1. The fraction of sp³-hybridized carbons (Fsp3) is 0.286. The third kappa shape index (κ3) is 3.14. The number of carbonyl (C=O) groups excluding carboxylic acids is 1. The molecule has 0 saturated carbocycles. The first-order valence-electron chi connectivity index (χ1n) is 6.26. The van der Waals surface area contributed by atoms with E-state index in [0.717, 1.165) is 0 Å². The zero-order chi connectivity index (χ0) is 14.5. The molecule has 0 aliphatic heterocycles. The van der Waals surface area contributed by atoms with Gasteiger partial charge in [-0.3, -0.25) is 0 Å². The van der Waals surface area contributed by atoms with Gasteiger partial charge in [-0.25, -0.2) is 14.2 Å². The SMILES string of the molecule is CCOC(=O)C(Nc1ccc(F)cc1)c1cncn1C. The molecule has 5 nitrogen and oxygen atoms in total. The maximum Gasteiger partial charge on any atom is 0.334 e. The Hall–Kier alpha value is -2.37. The second kappa shape index (κ2) is 6.18. The average Bonchev–Trinajstić information content (AvgIpc) is 2.84. The summed E-state index contributed by atoms with van der Waals surface area (Å²) in [5.74, 6) is -0.732. The second-order valence-electron chi connectivity index (χ2n) is 4.27. The number of hydrogen-bond donors (Lipinski definition) is 1. The molecule has 0 radical (unpaired) electrons. The van der Waals surface area contributed by atoms with Crippen LogP contribution >= 0.6 is 0 Å². The molecule has 1 aromatic carbocycles. The molecule has 6 heteroatoms. The van der Waals surface area contributed by atoms with Crippen molar-refractivity contribution in [2.75, 3.05) is 11.9 Å². The highest BCUT2D eigenvalue weighted by Crippen LogP contribution is 2.20. The molecule has 0 spiro atoms. The molecule has 20 heavy (non-hydrogen) atoms. The number of ether oxygens (including phenoxy) is 1. The number of esters is 1. The summed E-state index contributed by atoms with van der Waals surface area (Å²) in [4.78, 5) is 16.1. The van der Waals surface area contributed by atoms with Gasteiger partial charge in [-0.1, -0.05) is 0 Å². The van der Waals surface area contributed by atoms with Gasteiger partial charge in [-0.05, 0) is 31.2 Å². The quantitative estimate of drug-likeness (QED) is 0.852. The maximum atomic E-state index is 12.9. The molecule has 0 aliphatic carbocycles. The van der Waals surface area contributed by atoms with Crippen LogP contribution in [-0.2, 0) is 16.6 Å². The Morgan fingerprint density at radius 2 is 2.15 bits per heavy atom. The summed E-state index contributed by atoms with van der Waals surface area (Å²) < 4.78 is 19.7. The van der Waals surface area contributed by atoms with Crippen LogP contribution in [0, 0.1) is 5.82 Å². The van der Waals surface area contributed by atoms with Crippen LogP contribution in [-0.4, -0.2) is 22.1 Å².